The lowest BCUT2D eigenvalue weighted by Crippen LogP contribution is -2.77. The van der Waals surface area contributed by atoms with E-state index in [0.717, 1.165) is 0 Å². The molecule has 0 spiro atoms. The van der Waals surface area contributed by atoms with Gasteiger partial charge >= 0.3 is 0 Å². The van der Waals surface area contributed by atoms with E-state index in [1.54, 1.807) is 21.0 Å². The van der Waals surface area contributed by atoms with Crippen LogP contribution in [0.15, 0.2) is 0 Å². The van der Waals surface area contributed by atoms with E-state index in [9.17, 15) is 20.1 Å². The Balaban J connectivity index is 1.92. The number of aliphatic hydroxyl groups excluding tert-OH is 2. The van der Waals surface area contributed by atoms with E-state index >= 15 is 0 Å². The van der Waals surface area contributed by atoms with Gasteiger partial charge in [0.2, 0.25) is 6.29 Å². The zero-order valence-electron chi connectivity index (χ0n) is 13.3. The highest BCUT2D eigenvalue weighted by molar-refractivity contribution is 5.87. The maximum absolute atomic E-state index is 12.2. The highest BCUT2D eigenvalue weighted by Crippen LogP contribution is 2.40. The van der Waals surface area contributed by atoms with Crippen molar-refractivity contribution in [2.45, 2.75) is 68.0 Å². The van der Waals surface area contributed by atoms with Gasteiger partial charge < -0.3 is 40.2 Å². The van der Waals surface area contributed by atoms with Crippen LogP contribution < -0.4 is 10.6 Å². The van der Waals surface area contributed by atoms with Gasteiger partial charge in [-0.2, -0.15) is 0 Å². The molecule has 2 aliphatic heterocycles. The fourth-order valence-corrected chi connectivity index (χ4v) is 3.68. The molecular formula is C14H24N2O7. The molecule has 3 aliphatic rings. The lowest BCUT2D eigenvalue weighted by atomic mass is 9.80. The molecule has 0 radical (unpaired) electrons. The van der Waals surface area contributed by atoms with Crippen molar-refractivity contribution < 1.29 is 34.3 Å². The summed E-state index contributed by atoms with van der Waals surface area (Å²) in [6.07, 6.45) is -5.58. The van der Waals surface area contributed by atoms with Crippen molar-refractivity contribution in [3.63, 3.8) is 0 Å². The Morgan fingerprint density at radius 1 is 1.09 bits per heavy atom. The van der Waals surface area contributed by atoms with Gasteiger partial charge in [-0.05, 0) is 21.0 Å². The standard InChI is InChI=1S/C14H24N2O7/c1-5-4-6(17)14(20)13(21-5)22-12-10(19)7(15-2)9(18)8(16-3)11(12)23-14/h5,7-13,15-16,18-20H,4H2,1-3H3/t5-,7+,8-,9-,10+,11-,12-,13+,14+/m0/s1. The van der Waals surface area contributed by atoms with Crippen molar-refractivity contribution in [1.29, 1.82) is 0 Å². The second kappa shape index (κ2) is 6.01. The van der Waals surface area contributed by atoms with Crippen LogP contribution in [0.25, 0.3) is 0 Å². The smallest absolute Gasteiger partial charge is 0.280 e. The fraction of sp³-hybridized carbons (Fsp3) is 0.929. The minimum Gasteiger partial charge on any atom is -0.390 e. The molecule has 0 aromatic carbocycles. The molecule has 5 N–H and O–H groups in total. The fourth-order valence-electron chi connectivity index (χ4n) is 3.68. The molecule has 9 heteroatoms. The Labute approximate surface area is 133 Å². The van der Waals surface area contributed by atoms with Crippen LogP contribution in [0, 0.1) is 0 Å². The average molecular weight is 332 g/mol. The molecule has 2 saturated heterocycles. The monoisotopic (exact) mass is 332 g/mol. The number of Topliss-reactive ketones (excluding diaryl/α,β-unsaturated/α-hetero) is 1. The third-order valence-electron chi connectivity index (χ3n) is 4.93. The summed E-state index contributed by atoms with van der Waals surface area (Å²) in [6, 6.07) is -1.29. The molecule has 132 valence electrons. The third-order valence-corrected chi connectivity index (χ3v) is 4.93. The summed E-state index contributed by atoms with van der Waals surface area (Å²) in [5.41, 5.74) is 0. The number of hydrogen-bond acceptors (Lipinski definition) is 9. The summed E-state index contributed by atoms with van der Waals surface area (Å²) in [5, 5.41) is 37.2. The second-order valence-electron chi connectivity index (χ2n) is 6.40. The molecule has 1 aliphatic carbocycles. The first-order valence-electron chi connectivity index (χ1n) is 7.78. The van der Waals surface area contributed by atoms with Crippen LogP contribution in [-0.2, 0) is 19.0 Å². The number of aliphatic hydroxyl groups is 3. The number of rotatable bonds is 2. The van der Waals surface area contributed by atoms with Crippen LogP contribution in [-0.4, -0.2) is 89.9 Å². The Hall–Kier alpha value is -0.650. The third kappa shape index (κ3) is 2.52. The van der Waals surface area contributed by atoms with Gasteiger partial charge in [-0.15, -0.1) is 0 Å². The van der Waals surface area contributed by atoms with Gasteiger partial charge in [0.15, 0.2) is 5.78 Å². The van der Waals surface area contributed by atoms with E-state index in [0.29, 0.717) is 0 Å². The molecule has 9 nitrogen and oxygen atoms in total. The summed E-state index contributed by atoms with van der Waals surface area (Å²) in [6.45, 7) is 1.70. The minimum absolute atomic E-state index is 0.00220. The number of ketones is 1. The van der Waals surface area contributed by atoms with Gasteiger partial charge in [0.25, 0.3) is 5.79 Å². The zero-order valence-corrected chi connectivity index (χ0v) is 13.3. The van der Waals surface area contributed by atoms with Gasteiger partial charge in [0.1, 0.15) is 18.3 Å². The molecule has 1 saturated carbocycles. The van der Waals surface area contributed by atoms with E-state index in [1.165, 1.54) is 0 Å². The SMILES string of the molecule is CN[C@H]1[C@@H](O)[C@@H]2O[C@H]3O[C@@H](C)CC(=O)[C@@]3(O)O[C@H]2[C@@H](NC)[C@H]1O. The number of ether oxygens (including phenoxy) is 3. The summed E-state index contributed by atoms with van der Waals surface area (Å²) in [5.74, 6) is -2.76. The normalized spacial score (nSPS) is 53.6. The van der Waals surface area contributed by atoms with Gasteiger partial charge in [-0.25, -0.2) is 0 Å². The topological polar surface area (TPSA) is 130 Å². The summed E-state index contributed by atoms with van der Waals surface area (Å²) in [4.78, 5) is 12.2. The first-order chi connectivity index (χ1) is 10.8. The van der Waals surface area contributed by atoms with Crippen molar-refractivity contribution >= 4 is 5.78 Å². The first kappa shape index (κ1) is 17.2. The molecule has 0 unspecified atom stereocenters. The van der Waals surface area contributed by atoms with E-state index in [2.05, 4.69) is 10.6 Å². The number of hydrogen-bond donors (Lipinski definition) is 5. The molecule has 3 rings (SSSR count). The van der Waals surface area contributed by atoms with Gasteiger partial charge in [0, 0.05) is 6.42 Å². The van der Waals surface area contributed by atoms with Crippen molar-refractivity contribution in [2.75, 3.05) is 14.1 Å². The molecule has 0 aromatic rings. The van der Waals surface area contributed by atoms with Crippen LogP contribution in [0.5, 0.6) is 0 Å². The van der Waals surface area contributed by atoms with E-state index in [4.69, 9.17) is 14.2 Å². The predicted octanol–water partition coefficient (Wildman–Crippen LogP) is -2.93. The average Bonchev–Trinajstić information content (AvgIpc) is 2.49. The van der Waals surface area contributed by atoms with Gasteiger partial charge in [-0.3, -0.25) is 4.79 Å². The first-order valence-corrected chi connectivity index (χ1v) is 7.78. The molecule has 23 heavy (non-hydrogen) atoms. The zero-order chi connectivity index (χ0) is 16.9. The van der Waals surface area contributed by atoms with Gasteiger partial charge in [0.05, 0.1) is 24.3 Å². The number of likely N-dealkylation sites (N-methyl/N-ethyl adjacent to an activating group) is 2. The van der Waals surface area contributed by atoms with Crippen molar-refractivity contribution in [3.8, 4) is 0 Å². The summed E-state index contributed by atoms with van der Waals surface area (Å²) >= 11 is 0. The predicted molar refractivity (Wildman–Crippen MR) is 76.4 cm³/mol. The van der Waals surface area contributed by atoms with Crippen LogP contribution in [0.2, 0.25) is 0 Å². The van der Waals surface area contributed by atoms with Gasteiger partial charge in [-0.1, -0.05) is 0 Å². The molecular weight excluding hydrogens is 308 g/mol. The number of nitrogens with one attached hydrogen (secondary N) is 2. The maximum Gasteiger partial charge on any atom is 0.280 e. The highest BCUT2D eigenvalue weighted by Gasteiger charge is 2.63. The molecule has 0 amide bonds. The van der Waals surface area contributed by atoms with Crippen LogP contribution in [0.1, 0.15) is 13.3 Å². The van der Waals surface area contributed by atoms with E-state index in [-0.39, 0.29) is 6.42 Å². The molecule has 0 bridgehead atoms. The lowest BCUT2D eigenvalue weighted by Gasteiger charge is -2.55. The summed E-state index contributed by atoms with van der Waals surface area (Å²) in [7, 11) is 3.24. The van der Waals surface area contributed by atoms with Crippen LogP contribution in [0.4, 0.5) is 0 Å². The van der Waals surface area contributed by atoms with Crippen molar-refractivity contribution in [2.24, 2.45) is 0 Å². The molecule has 2 heterocycles. The Kier molecular flexibility index (Phi) is 4.49. The highest BCUT2D eigenvalue weighted by atomic mass is 16.8. The number of fused-ring (bicyclic) bond motifs is 2. The summed E-state index contributed by atoms with van der Waals surface area (Å²) < 4.78 is 16.8. The Morgan fingerprint density at radius 3 is 2.35 bits per heavy atom. The minimum atomic E-state index is -2.23. The lowest BCUT2D eigenvalue weighted by molar-refractivity contribution is -0.420. The van der Waals surface area contributed by atoms with Crippen molar-refractivity contribution in [3.05, 3.63) is 0 Å². The van der Waals surface area contributed by atoms with E-state index in [1.807, 2.05) is 0 Å². The quantitative estimate of drug-likeness (QED) is 0.361. The van der Waals surface area contributed by atoms with Crippen LogP contribution in [0.3, 0.4) is 0 Å². The Bertz CT molecular complexity index is 478. The van der Waals surface area contributed by atoms with Crippen molar-refractivity contribution in [1.82, 2.24) is 10.6 Å². The number of carbonyl (C=O) groups is 1. The number of carbonyl (C=O) groups excluding carboxylic acids is 1. The van der Waals surface area contributed by atoms with Crippen LogP contribution >= 0.6 is 0 Å². The second-order valence-corrected chi connectivity index (χ2v) is 6.40. The van der Waals surface area contributed by atoms with E-state index < -0.39 is 60.5 Å². The Morgan fingerprint density at radius 2 is 1.74 bits per heavy atom. The molecule has 3 fully saturated rings. The maximum atomic E-state index is 12.2. The molecule has 0 aromatic heterocycles. The largest absolute Gasteiger partial charge is 0.390 e. The molecule has 9 atom stereocenters.